The number of rotatable bonds is 6. The fourth-order valence-electron chi connectivity index (χ4n) is 2.25. The lowest BCUT2D eigenvalue weighted by Crippen LogP contribution is -2.21. The molecule has 100 valence electrons. The van der Waals surface area contributed by atoms with E-state index >= 15 is 0 Å². The normalized spacial score (nSPS) is 17.1. The van der Waals surface area contributed by atoms with E-state index in [9.17, 15) is 0 Å². The van der Waals surface area contributed by atoms with Crippen molar-refractivity contribution in [3.8, 4) is 11.5 Å². The van der Waals surface area contributed by atoms with Crippen molar-refractivity contribution < 1.29 is 9.47 Å². The molecule has 1 saturated carbocycles. The van der Waals surface area contributed by atoms with Gasteiger partial charge in [0, 0.05) is 6.04 Å². The molecular weight excluding hydrogens is 226 g/mol. The third-order valence-corrected chi connectivity index (χ3v) is 3.51. The summed E-state index contributed by atoms with van der Waals surface area (Å²) in [6.07, 6.45) is 4.74. The van der Waals surface area contributed by atoms with Crippen LogP contribution in [0.1, 0.15) is 31.7 Å². The van der Waals surface area contributed by atoms with Crippen LogP contribution < -0.4 is 15.2 Å². The van der Waals surface area contributed by atoms with Gasteiger partial charge in [0.25, 0.3) is 0 Å². The monoisotopic (exact) mass is 249 g/mol. The molecule has 0 amide bonds. The van der Waals surface area contributed by atoms with Crippen LogP contribution in [0.2, 0.25) is 0 Å². The van der Waals surface area contributed by atoms with Crippen LogP contribution in [0.15, 0.2) is 18.2 Å². The molecule has 18 heavy (non-hydrogen) atoms. The molecule has 1 atom stereocenters. The van der Waals surface area contributed by atoms with Crippen molar-refractivity contribution in [3.05, 3.63) is 23.8 Å². The molecule has 0 heterocycles. The predicted molar refractivity (Wildman–Crippen MR) is 73.2 cm³/mol. The SMILES string of the molecule is COc1cccc(CC(C)N)c1OCC1CCC1. The highest BCUT2D eigenvalue weighted by Crippen LogP contribution is 2.34. The Balaban J connectivity index is 2.11. The molecule has 3 nitrogen and oxygen atoms in total. The second-order valence-corrected chi connectivity index (χ2v) is 5.24. The smallest absolute Gasteiger partial charge is 0.164 e. The van der Waals surface area contributed by atoms with Crippen molar-refractivity contribution in [3.63, 3.8) is 0 Å². The van der Waals surface area contributed by atoms with Crippen LogP contribution in [-0.2, 0) is 6.42 Å². The first-order chi connectivity index (χ1) is 8.70. The van der Waals surface area contributed by atoms with Crippen molar-refractivity contribution in [2.75, 3.05) is 13.7 Å². The van der Waals surface area contributed by atoms with Gasteiger partial charge in [-0.1, -0.05) is 18.6 Å². The van der Waals surface area contributed by atoms with Crippen LogP contribution in [0.3, 0.4) is 0 Å². The molecule has 0 aromatic heterocycles. The predicted octanol–water partition coefficient (Wildman–Crippen LogP) is 2.76. The molecule has 2 N–H and O–H groups in total. The van der Waals surface area contributed by atoms with Crippen LogP contribution in [0.25, 0.3) is 0 Å². The summed E-state index contributed by atoms with van der Waals surface area (Å²) in [6, 6.07) is 6.14. The van der Waals surface area contributed by atoms with E-state index < -0.39 is 0 Å². The molecule has 1 fully saturated rings. The van der Waals surface area contributed by atoms with Crippen LogP contribution in [0.5, 0.6) is 11.5 Å². The Morgan fingerprint density at radius 1 is 1.39 bits per heavy atom. The molecule has 0 saturated heterocycles. The summed E-state index contributed by atoms with van der Waals surface area (Å²) >= 11 is 0. The fraction of sp³-hybridized carbons (Fsp3) is 0.600. The molecule has 0 aliphatic heterocycles. The van der Waals surface area contributed by atoms with Gasteiger partial charge in [-0.3, -0.25) is 0 Å². The largest absolute Gasteiger partial charge is 0.493 e. The summed E-state index contributed by atoms with van der Waals surface area (Å²) in [4.78, 5) is 0. The standard InChI is InChI=1S/C15H23NO2/c1-11(16)9-13-7-4-8-14(17-2)15(13)18-10-12-5-3-6-12/h4,7-8,11-12H,3,5-6,9-10,16H2,1-2H3. The molecular formula is C15H23NO2. The van der Waals surface area contributed by atoms with Crippen molar-refractivity contribution in [2.45, 2.75) is 38.6 Å². The van der Waals surface area contributed by atoms with Crippen molar-refractivity contribution in [2.24, 2.45) is 11.7 Å². The maximum atomic E-state index is 5.98. The van der Waals surface area contributed by atoms with E-state index in [0.717, 1.165) is 36.0 Å². The Kier molecular flexibility index (Phi) is 4.48. The Morgan fingerprint density at radius 2 is 2.17 bits per heavy atom. The van der Waals surface area contributed by atoms with Crippen molar-refractivity contribution in [1.82, 2.24) is 0 Å². The van der Waals surface area contributed by atoms with Crippen LogP contribution in [0, 0.1) is 5.92 Å². The average molecular weight is 249 g/mol. The van der Waals surface area contributed by atoms with Gasteiger partial charge < -0.3 is 15.2 Å². The highest BCUT2D eigenvalue weighted by atomic mass is 16.5. The van der Waals surface area contributed by atoms with Gasteiger partial charge in [0.15, 0.2) is 11.5 Å². The van der Waals surface area contributed by atoms with Gasteiger partial charge in [0.05, 0.1) is 13.7 Å². The zero-order valence-corrected chi connectivity index (χ0v) is 11.3. The maximum Gasteiger partial charge on any atom is 0.164 e. The number of ether oxygens (including phenoxy) is 2. The Labute approximate surface area is 109 Å². The second-order valence-electron chi connectivity index (χ2n) is 5.24. The fourth-order valence-corrected chi connectivity index (χ4v) is 2.25. The first-order valence-electron chi connectivity index (χ1n) is 6.75. The van der Waals surface area contributed by atoms with Crippen molar-refractivity contribution in [1.29, 1.82) is 0 Å². The molecule has 3 heteroatoms. The van der Waals surface area contributed by atoms with Gasteiger partial charge in [0.1, 0.15) is 0 Å². The summed E-state index contributed by atoms with van der Waals surface area (Å²) < 4.78 is 11.4. The first-order valence-corrected chi connectivity index (χ1v) is 6.75. The van der Waals surface area contributed by atoms with E-state index in [1.54, 1.807) is 7.11 Å². The summed E-state index contributed by atoms with van der Waals surface area (Å²) in [7, 11) is 1.68. The molecule has 0 bridgehead atoms. The van der Waals surface area contributed by atoms with E-state index in [4.69, 9.17) is 15.2 Å². The van der Waals surface area contributed by atoms with E-state index in [1.165, 1.54) is 19.3 Å². The minimum atomic E-state index is 0.128. The third-order valence-electron chi connectivity index (χ3n) is 3.51. The molecule has 1 aliphatic rings. The Bertz CT molecular complexity index is 386. The summed E-state index contributed by atoms with van der Waals surface area (Å²) in [6.45, 7) is 2.81. The summed E-state index contributed by atoms with van der Waals surface area (Å²) in [5, 5.41) is 0. The second kappa shape index (κ2) is 6.10. The lowest BCUT2D eigenvalue weighted by Gasteiger charge is -2.26. The van der Waals surface area contributed by atoms with Gasteiger partial charge in [-0.15, -0.1) is 0 Å². The van der Waals surface area contributed by atoms with E-state index in [0.29, 0.717) is 0 Å². The van der Waals surface area contributed by atoms with E-state index in [1.807, 2.05) is 19.1 Å². The number of methoxy groups -OCH3 is 1. The zero-order valence-electron chi connectivity index (χ0n) is 11.3. The molecule has 1 aliphatic carbocycles. The molecule has 1 aromatic carbocycles. The zero-order chi connectivity index (χ0) is 13.0. The molecule has 0 spiro atoms. The van der Waals surface area contributed by atoms with Crippen LogP contribution >= 0.6 is 0 Å². The van der Waals surface area contributed by atoms with Gasteiger partial charge in [-0.2, -0.15) is 0 Å². The number of para-hydroxylation sites is 1. The third kappa shape index (κ3) is 3.16. The maximum absolute atomic E-state index is 5.98. The van der Waals surface area contributed by atoms with Gasteiger partial charge in [-0.05, 0) is 43.7 Å². The highest BCUT2D eigenvalue weighted by molar-refractivity contribution is 5.47. The lowest BCUT2D eigenvalue weighted by atomic mass is 9.86. The quantitative estimate of drug-likeness (QED) is 0.843. The van der Waals surface area contributed by atoms with Crippen LogP contribution in [-0.4, -0.2) is 19.8 Å². The van der Waals surface area contributed by atoms with E-state index in [-0.39, 0.29) is 6.04 Å². The lowest BCUT2D eigenvalue weighted by molar-refractivity contribution is 0.174. The minimum Gasteiger partial charge on any atom is -0.493 e. The van der Waals surface area contributed by atoms with E-state index in [2.05, 4.69) is 6.07 Å². The van der Waals surface area contributed by atoms with Gasteiger partial charge >= 0.3 is 0 Å². The molecule has 1 unspecified atom stereocenters. The Hall–Kier alpha value is -1.22. The van der Waals surface area contributed by atoms with Gasteiger partial charge in [-0.25, -0.2) is 0 Å². The highest BCUT2D eigenvalue weighted by Gasteiger charge is 2.20. The first kappa shape index (κ1) is 13.2. The van der Waals surface area contributed by atoms with Gasteiger partial charge in [0.2, 0.25) is 0 Å². The number of hydrogen-bond donors (Lipinski definition) is 1. The van der Waals surface area contributed by atoms with Crippen LogP contribution in [0.4, 0.5) is 0 Å². The number of nitrogens with two attached hydrogens (primary N) is 1. The Morgan fingerprint density at radius 3 is 2.72 bits per heavy atom. The average Bonchev–Trinajstić information content (AvgIpc) is 2.28. The van der Waals surface area contributed by atoms with Crippen molar-refractivity contribution >= 4 is 0 Å². The summed E-state index contributed by atoms with van der Waals surface area (Å²) in [5.74, 6) is 2.41. The minimum absolute atomic E-state index is 0.128. The number of benzene rings is 1. The molecule has 2 rings (SSSR count). The topological polar surface area (TPSA) is 44.5 Å². The molecule has 1 aromatic rings. The number of hydrogen-bond acceptors (Lipinski definition) is 3. The summed E-state index contributed by atoms with van der Waals surface area (Å²) in [5.41, 5.74) is 7.02. The molecule has 0 radical (unpaired) electrons.